The van der Waals surface area contributed by atoms with Gasteiger partial charge in [-0.25, -0.2) is 0 Å². The lowest BCUT2D eigenvalue weighted by Gasteiger charge is -2.14. The summed E-state index contributed by atoms with van der Waals surface area (Å²) in [6, 6.07) is 0. The third kappa shape index (κ3) is 2.61. The zero-order valence-electron chi connectivity index (χ0n) is 6.58. The minimum absolute atomic E-state index is 0.727. The van der Waals surface area contributed by atoms with Crippen molar-refractivity contribution in [1.82, 2.24) is 0 Å². The van der Waals surface area contributed by atoms with Crippen LogP contribution in [0.5, 0.6) is 0 Å². The van der Waals surface area contributed by atoms with Crippen molar-refractivity contribution in [1.29, 1.82) is 0 Å². The van der Waals surface area contributed by atoms with Gasteiger partial charge in [-0.1, -0.05) is 38.2 Å². The first kappa shape index (κ1) is 7.93. The molecule has 0 heterocycles. The van der Waals surface area contributed by atoms with Crippen LogP contribution in [0.4, 0.5) is 0 Å². The Hall–Kier alpha value is -0.170. The van der Waals surface area contributed by atoms with Crippen molar-refractivity contribution in [2.24, 2.45) is 0 Å². The Bertz CT molecular complexity index is 145. The molecule has 10 heavy (non-hydrogen) atoms. The van der Waals surface area contributed by atoms with Crippen molar-refractivity contribution in [3.8, 4) is 0 Å². The van der Waals surface area contributed by atoms with E-state index >= 15 is 0 Å². The van der Waals surface area contributed by atoms with Crippen LogP contribution in [0.25, 0.3) is 0 Å². The summed E-state index contributed by atoms with van der Waals surface area (Å²) in [5.41, 5.74) is 0. The summed E-state index contributed by atoms with van der Waals surface area (Å²) in [5.74, 6) is 0. The van der Waals surface area contributed by atoms with E-state index in [1.165, 1.54) is 6.42 Å². The fourth-order valence-corrected chi connectivity index (χ4v) is 2.11. The largest absolute Gasteiger partial charge is 0.151 e. The van der Waals surface area contributed by atoms with Crippen LogP contribution in [0.1, 0.15) is 20.3 Å². The van der Waals surface area contributed by atoms with Crippen LogP contribution < -0.4 is 0 Å². The zero-order chi connectivity index (χ0) is 7.40. The highest BCUT2D eigenvalue weighted by atomic mass is 32.2. The molecular weight excluding hydrogens is 140 g/mol. The van der Waals surface area contributed by atoms with E-state index in [1.54, 1.807) is 0 Å². The molecule has 0 aromatic rings. The molecule has 1 aliphatic rings. The average molecular weight is 154 g/mol. The Labute approximate surface area is 67.4 Å². The van der Waals surface area contributed by atoms with Crippen LogP contribution >= 0.6 is 11.8 Å². The van der Waals surface area contributed by atoms with Gasteiger partial charge in [0.2, 0.25) is 0 Å². The van der Waals surface area contributed by atoms with E-state index in [0.29, 0.717) is 0 Å². The standard InChI is InChI=1S/C9H14S/c1-8(2)10-9-6-4-3-5-7-9/h3-6,8-9H,7H2,1-2H3. The molecular formula is C9H14S. The summed E-state index contributed by atoms with van der Waals surface area (Å²) in [4.78, 5) is 0. The van der Waals surface area contributed by atoms with Crippen molar-refractivity contribution < 1.29 is 0 Å². The highest BCUT2D eigenvalue weighted by molar-refractivity contribution is 8.00. The lowest BCUT2D eigenvalue weighted by atomic mass is 10.2. The maximum absolute atomic E-state index is 2.28. The molecule has 1 aliphatic carbocycles. The second-order valence-corrected chi connectivity index (χ2v) is 4.59. The van der Waals surface area contributed by atoms with E-state index in [0.717, 1.165) is 10.5 Å². The maximum Gasteiger partial charge on any atom is 0.0267 e. The molecule has 1 rings (SSSR count). The van der Waals surface area contributed by atoms with Gasteiger partial charge >= 0.3 is 0 Å². The summed E-state index contributed by atoms with van der Waals surface area (Å²) in [7, 11) is 0. The molecule has 0 aliphatic heterocycles. The number of rotatable bonds is 2. The SMILES string of the molecule is CC(C)SC1C=CC=CC1. The van der Waals surface area contributed by atoms with E-state index in [4.69, 9.17) is 0 Å². The molecule has 0 saturated heterocycles. The van der Waals surface area contributed by atoms with Crippen molar-refractivity contribution >= 4 is 11.8 Å². The smallest absolute Gasteiger partial charge is 0.0267 e. The van der Waals surface area contributed by atoms with Crippen molar-refractivity contribution in [3.63, 3.8) is 0 Å². The third-order valence-electron chi connectivity index (χ3n) is 1.39. The van der Waals surface area contributed by atoms with Crippen LogP contribution in [0, 0.1) is 0 Å². The fourth-order valence-electron chi connectivity index (χ4n) is 1.01. The number of hydrogen-bond donors (Lipinski definition) is 0. The normalized spacial score (nSPS) is 24.1. The highest BCUT2D eigenvalue weighted by Gasteiger charge is 2.06. The molecule has 56 valence electrons. The van der Waals surface area contributed by atoms with E-state index in [-0.39, 0.29) is 0 Å². The van der Waals surface area contributed by atoms with Gasteiger partial charge in [0.1, 0.15) is 0 Å². The quantitative estimate of drug-likeness (QED) is 0.589. The minimum Gasteiger partial charge on any atom is -0.151 e. The molecule has 1 heteroatoms. The topological polar surface area (TPSA) is 0 Å². The van der Waals surface area contributed by atoms with Gasteiger partial charge in [0.15, 0.2) is 0 Å². The third-order valence-corrected chi connectivity index (χ3v) is 2.63. The molecule has 0 aromatic carbocycles. The maximum atomic E-state index is 2.28. The Balaban J connectivity index is 2.30. The van der Waals surface area contributed by atoms with Gasteiger partial charge in [0.25, 0.3) is 0 Å². The van der Waals surface area contributed by atoms with Gasteiger partial charge in [-0.05, 0) is 11.7 Å². The Kier molecular flexibility index (Phi) is 3.07. The van der Waals surface area contributed by atoms with E-state index < -0.39 is 0 Å². The van der Waals surface area contributed by atoms with Gasteiger partial charge in [0.05, 0.1) is 0 Å². The molecule has 0 bridgehead atoms. The molecule has 0 spiro atoms. The Morgan fingerprint density at radius 1 is 1.40 bits per heavy atom. The first-order valence-electron chi connectivity index (χ1n) is 3.78. The van der Waals surface area contributed by atoms with Crippen LogP contribution in [0.15, 0.2) is 24.3 Å². The first-order valence-corrected chi connectivity index (χ1v) is 4.72. The fraction of sp³-hybridized carbons (Fsp3) is 0.556. The summed E-state index contributed by atoms with van der Waals surface area (Å²) in [5, 5.41) is 1.48. The van der Waals surface area contributed by atoms with Crippen LogP contribution in [0.2, 0.25) is 0 Å². The van der Waals surface area contributed by atoms with Crippen molar-refractivity contribution in [2.75, 3.05) is 0 Å². The summed E-state index contributed by atoms with van der Waals surface area (Å²) in [6.45, 7) is 4.49. The molecule has 0 amide bonds. The van der Waals surface area contributed by atoms with E-state index in [2.05, 4.69) is 38.2 Å². The summed E-state index contributed by atoms with van der Waals surface area (Å²) >= 11 is 2.04. The van der Waals surface area contributed by atoms with E-state index in [9.17, 15) is 0 Å². The van der Waals surface area contributed by atoms with Crippen molar-refractivity contribution in [3.05, 3.63) is 24.3 Å². The molecule has 0 fully saturated rings. The number of thioether (sulfide) groups is 1. The van der Waals surface area contributed by atoms with Crippen molar-refractivity contribution in [2.45, 2.75) is 30.8 Å². The van der Waals surface area contributed by atoms with Gasteiger partial charge < -0.3 is 0 Å². The molecule has 0 aromatic heterocycles. The second kappa shape index (κ2) is 3.87. The Morgan fingerprint density at radius 2 is 2.20 bits per heavy atom. The monoisotopic (exact) mass is 154 g/mol. The van der Waals surface area contributed by atoms with Gasteiger partial charge in [-0.2, -0.15) is 11.8 Å². The molecule has 1 unspecified atom stereocenters. The molecule has 0 N–H and O–H groups in total. The Morgan fingerprint density at radius 3 is 2.70 bits per heavy atom. The molecule has 1 atom stereocenters. The minimum atomic E-state index is 0.727. The first-order chi connectivity index (χ1) is 4.79. The predicted molar refractivity (Wildman–Crippen MR) is 49.4 cm³/mol. The van der Waals surface area contributed by atoms with Crippen LogP contribution in [0.3, 0.4) is 0 Å². The number of hydrogen-bond acceptors (Lipinski definition) is 1. The van der Waals surface area contributed by atoms with Gasteiger partial charge in [-0.3, -0.25) is 0 Å². The van der Waals surface area contributed by atoms with Crippen LogP contribution in [-0.4, -0.2) is 10.5 Å². The van der Waals surface area contributed by atoms with E-state index in [1.807, 2.05) is 11.8 Å². The average Bonchev–Trinajstić information content (AvgIpc) is 1.88. The van der Waals surface area contributed by atoms with Crippen LogP contribution in [-0.2, 0) is 0 Å². The zero-order valence-corrected chi connectivity index (χ0v) is 7.40. The summed E-state index contributed by atoms with van der Waals surface area (Å²) in [6.07, 6.45) is 9.99. The molecule has 0 saturated carbocycles. The van der Waals surface area contributed by atoms with Gasteiger partial charge in [0, 0.05) is 5.25 Å². The lowest BCUT2D eigenvalue weighted by Crippen LogP contribution is -2.03. The van der Waals surface area contributed by atoms with Gasteiger partial charge in [-0.15, -0.1) is 0 Å². The predicted octanol–water partition coefficient (Wildman–Crippen LogP) is 3.01. The lowest BCUT2D eigenvalue weighted by molar-refractivity contribution is 1.02. The second-order valence-electron chi connectivity index (χ2n) is 2.77. The molecule has 0 nitrogen and oxygen atoms in total. The number of allylic oxidation sites excluding steroid dienone is 3. The highest BCUT2D eigenvalue weighted by Crippen LogP contribution is 2.23. The molecule has 0 radical (unpaired) electrons. The summed E-state index contributed by atoms with van der Waals surface area (Å²) < 4.78 is 0.